The molecule has 0 heterocycles. The summed E-state index contributed by atoms with van der Waals surface area (Å²) in [5.74, 6) is -0.867. The summed E-state index contributed by atoms with van der Waals surface area (Å²) >= 11 is 0. The van der Waals surface area contributed by atoms with Crippen LogP contribution in [0.5, 0.6) is 0 Å². The third kappa shape index (κ3) is 45.1. The van der Waals surface area contributed by atoms with Crippen molar-refractivity contribution in [3.8, 4) is 0 Å². The smallest absolute Gasteiger partial charge is 0.462 e. The van der Waals surface area contributed by atoms with Crippen molar-refractivity contribution in [2.24, 2.45) is 5.73 Å². The molecule has 0 saturated carbocycles. The number of phosphoric ester groups is 1. The van der Waals surface area contributed by atoms with Crippen molar-refractivity contribution in [2.75, 3.05) is 26.4 Å². The molecule has 0 aromatic heterocycles. The number of esters is 2. The van der Waals surface area contributed by atoms with Gasteiger partial charge in [-0.1, -0.05) is 171 Å². The zero-order valence-corrected chi connectivity index (χ0v) is 38.6. The van der Waals surface area contributed by atoms with E-state index in [0.717, 1.165) is 57.8 Å². The normalized spacial score (nSPS) is 13.8. The number of allylic oxidation sites excluding steroid dienone is 10. The third-order valence-corrected chi connectivity index (χ3v) is 10.9. The first-order valence-electron chi connectivity index (χ1n) is 23.8. The van der Waals surface area contributed by atoms with Crippen molar-refractivity contribution >= 4 is 19.8 Å². The van der Waals surface area contributed by atoms with Gasteiger partial charge in [0.2, 0.25) is 0 Å². The van der Waals surface area contributed by atoms with E-state index >= 15 is 0 Å². The van der Waals surface area contributed by atoms with Crippen molar-refractivity contribution in [1.29, 1.82) is 0 Å². The first kappa shape index (κ1) is 56.7. The van der Waals surface area contributed by atoms with E-state index in [1.165, 1.54) is 109 Å². The molecule has 0 rings (SSSR count). The molecule has 0 bridgehead atoms. The summed E-state index contributed by atoms with van der Waals surface area (Å²) in [4.78, 5) is 35.0. The fourth-order valence-corrected chi connectivity index (χ4v) is 7.08. The second kappa shape index (κ2) is 45.2. The average Bonchev–Trinajstić information content (AvgIpc) is 3.22. The van der Waals surface area contributed by atoms with Crippen LogP contribution in [0.1, 0.15) is 206 Å². The standard InChI is InChI=1S/C49H88NO8P/c1-3-5-7-9-11-13-15-17-19-21-23-25-27-29-31-33-35-37-39-41-48(51)55-45-47(46-57-59(53,54)56-44-43-50)58-49(52)42-40-38-36-34-32-30-28-26-24-22-20-18-16-14-12-10-8-6-4-2/h11,13,17-20,23,25,29,31,47H,3-10,12,14-16,21-22,24,26-28,30,32-46,50H2,1-2H3,(H,53,54)/t47-/m1/s1. The summed E-state index contributed by atoms with van der Waals surface area (Å²) in [5, 5.41) is 0. The minimum absolute atomic E-state index is 0.0464. The lowest BCUT2D eigenvalue weighted by molar-refractivity contribution is -0.161. The number of carbonyl (C=O) groups excluding carboxylic acids is 2. The van der Waals surface area contributed by atoms with Crippen LogP contribution in [0.4, 0.5) is 0 Å². The number of carbonyl (C=O) groups is 2. The number of ether oxygens (including phenoxy) is 2. The molecule has 10 heteroatoms. The molecule has 1 unspecified atom stereocenters. The predicted molar refractivity (Wildman–Crippen MR) is 247 cm³/mol. The van der Waals surface area contributed by atoms with E-state index in [2.05, 4.69) is 74.6 Å². The Balaban J connectivity index is 4.17. The molecule has 9 nitrogen and oxygen atoms in total. The zero-order chi connectivity index (χ0) is 43.2. The Kier molecular flexibility index (Phi) is 43.5. The molecule has 0 aromatic carbocycles. The highest BCUT2D eigenvalue weighted by atomic mass is 31.2. The van der Waals surface area contributed by atoms with Crippen molar-refractivity contribution in [1.82, 2.24) is 0 Å². The van der Waals surface area contributed by atoms with Gasteiger partial charge in [-0.3, -0.25) is 18.6 Å². The maximum absolute atomic E-state index is 12.6. The van der Waals surface area contributed by atoms with E-state index < -0.39 is 32.5 Å². The van der Waals surface area contributed by atoms with Crippen molar-refractivity contribution < 1.29 is 37.6 Å². The van der Waals surface area contributed by atoms with Crippen LogP contribution < -0.4 is 5.73 Å². The minimum atomic E-state index is -4.39. The molecule has 3 N–H and O–H groups in total. The van der Waals surface area contributed by atoms with Gasteiger partial charge in [-0.2, -0.15) is 0 Å². The van der Waals surface area contributed by atoms with Crippen molar-refractivity contribution in [3.63, 3.8) is 0 Å². The summed E-state index contributed by atoms with van der Waals surface area (Å²) < 4.78 is 32.8. The molecule has 342 valence electrons. The molecule has 59 heavy (non-hydrogen) atoms. The van der Waals surface area contributed by atoms with Gasteiger partial charge in [0.25, 0.3) is 0 Å². The molecule has 0 aromatic rings. The highest BCUT2D eigenvalue weighted by Gasteiger charge is 2.26. The number of hydrogen-bond acceptors (Lipinski definition) is 8. The first-order chi connectivity index (χ1) is 28.8. The van der Waals surface area contributed by atoms with Crippen LogP contribution in [0.2, 0.25) is 0 Å². The summed E-state index contributed by atoms with van der Waals surface area (Å²) in [7, 11) is -4.39. The maximum Gasteiger partial charge on any atom is 0.472 e. The summed E-state index contributed by atoms with van der Waals surface area (Å²) in [5.41, 5.74) is 5.36. The second-order valence-corrected chi connectivity index (χ2v) is 17.1. The molecule has 0 amide bonds. The summed E-state index contributed by atoms with van der Waals surface area (Å²) in [6, 6.07) is 0. The molecule has 0 aliphatic heterocycles. The average molecular weight is 850 g/mol. The Bertz CT molecular complexity index is 1150. The fraction of sp³-hybridized carbons (Fsp3) is 0.755. The van der Waals surface area contributed by atoms with Gasteiger partial charge in [-0.05, 0) is 83.5 Å². The van der Waals surface area contributed by atoms with Crippen molar-refractivity contribution in [2.45, 2.75) is 213 Å². The topological polar surface area (TPSA) is 134 Å². The van der Waals surface area contributed by atoms with Gasteiger partial charge in [0.1, 0.15) is 6.61 Å². The van der Waals surface area contributed by atoms with E-state index in [1.807, 2.05) is 0 Å². The monoisotopic (exact) mass is 850 g/mol. The number of nitrogens with two attached hydrogens (primary N) is 1. The molecule has 0 fully saturated rings. The molecule has 0 aliphatic rings. The first-order valence-corrected chi connectivity index (χ1v) is 25.3. The SMILES string of the molecule is CCCCCC=CCC=CCC=CCC=CCCCCCC(=O)OC[C@H](COP(=O)(O)OCCN)OC(=O)CCCCCCCCCCCC=CCCCCCCCC. The maximum atomic E-state index is 12.6. The van der Waals surface area contributed by atoms with Gasteiger partial charge in [0.05, 0.1) is 13.2 Å². The highest BCUT2D eigenvalue weighted by molar-refractivity contribution is 7.47. The Labute approximate surface area is 361 Å². The zero-order valence-electron chi connectivity index (χ0n) is 37.7. The van der Waals surface area contributed by atoms with Crippen LogP contribution in [0.25, 0.3) is 0 Å². The van der Waals surface area contributed by atoms with Gasteiger partial charge < -0.3 is 20.1 Å². The molecule has 0 saturated heterocycles. The molecule has 0 spiro atoms. The van der Waals surface area contributed by atoms with Crippen LogP contribution >= 0.6 is 7.82 Å². The van der Waals surface area contributed by atoms with Gasteiger partial charge >= 0.3 is 19.8 Å². The largest absolute Gasteiger partial charge is 0.472 e. The molecule has 0 radical (unpaired) electrons. The van der Waals surface area contributed by atoms with E-state index in [0.29, 0.717) is 12.8 Å². The Hall–Kier alpha value is -2.29. The number of phosphoric acid groups is 1. The lowest BCUT2D eigenvalue weighted by Crippen LogP contribution is -2.29. The van der Waals surface area contributed by atoms with E-state index in [-0.39, 0.29) is 32.6 Å². The van der Waals surface area contributed by atoms with Crippen LogP contribution in [-0.4, -0.2) is 49.3 Å². The number of hydrogen-bond donors (Lipinski definition) is 2. The molecule has 0 aliphatic carbocycles. The quantitative estimate of drug-likeness (QED) is 0.0266. The van der Waals surface area contributed by atoms with Gasteiger partial charge in [0.15, 0.2) is 6.10 Å². The Morgan fingerprint density at radius 2 is 0.881 bits per heavy atom. The Morgan fingerprint density at radius 3 is 1.37 bits per heavy atom. The van der Waals surface area contributed by atoms with Crippen LogP contribution in [0, 0.1) is 0 Å². The fourth-order valence-electron chi connectivity index (χ4n) is 6.32. The minimum Gasteiger partial charge on any atom is -0.462 e. The predicted octanol–water partition coefficient (Wildman–Crippen LogP) is 14.1. The van der Waals surface area contributed by atoms with Crippen LogP contribution in [0.3, 0.4) is 0 Å². The van der Waals surface area contributed by atoms with E-state index in [9.17, 15) is 19.0 Å². The van der Waals surface area contributed by atoms with Crippen LogP contribution in [0.15, 0.2) is 60.8 Å². The van der Waals surface area contributed by atoms with E-state index in [4.69, 9.17) is 24.3 Å². The number of unbranched alkanes of at least 4 members (excludes halogenated alkanes) is 21. The summed E-state index contributed by atoms with van der Waals surface area (Å²) in [6.45, 7) is 3.67. The van der Waals surface area contributed by atoms with Gasteiger partial charge in [-0.25, -0.2) is 4.57 Å². The Morgan fingerprint density at radius 1 is 0.508 bits per heavy atom. The van der Waals surface area contributed by atoms with Crippen LogP contribution in [-0.2, 0) is 32.7 Å². The molecule has 2 atom stereocenters. The highest BCUT2D eigenvalue weighted by Crippen LogP contribution is 2.43. The third-order valence-electron chi connectivity index (χ3n) is 9.88. The van der Waals surface area contributed by atoms with E-state index in [1.54, 1.807) is 0 Å². The molecular weight excluding hydrogens is 762 g/mol. The van der Waals surface area contributed by atoms with Gasteiger partial charge in [0, 0.05) is 19.4 Å². The van der Waals surface area contributed by atoms with Crippen molar-refractivity contribution in [3.05, 3.63) is 60.8 Å². The summed E-state index contributed by atoms with van der Waals surface area (Å²) in [6.07, 6.45) is 53.9. The second-order valence-electron chi connectivity index (χ2n) is 15.6. The number of rotatable bonds is 44. The molecular formula is C49H88NO8P. The van der Waals surface area contributed by atoms with Gasteiger partial charge in [-0.15, -0.1) is 0 Å². The lowest BCUT2D eigenvalue weighted by atomic mass is 10.1. The lowest BCUT2D eigenvalue weighted by Gasteiger charge is -2.19.